The molecule has 6 heteroatoms. The van der Waals surface area contributed by atoms with Gasteiger partial charge in [-0.3, -0.25) is 9.78 Å². The van der Waals surface area contributed by atoms with Gasteiger partial charge in [-0.05, 0) is 6.07 Å². The highest BCUT2D eigenvalue weighted by Gasteiger charge is 2.12. The molecule has 2 heterocycles. The average Bonchev–Trinajstić information content (AvgIpc) is 2.64. The van der Waals surface area contributed by atoms with Crippen LogP contribution in [-0.2, 0) is 6.42 Å². The Bertz CT molecular complexity index is 523. The molecule has 2 aromatic rings. The molecule has 16 heavy (non-hydrogen) atoms. The number of pyridine rings is 1. The highest BCUT2D eigenvalue weighted by atomic mass is 32.1. The van der Waals surface area contributed by atoms with Crippen molar-refractivity contribution in [2.75, 3.05) is 11.5 Å². The van der Waals surface area contributed by atoms with Crippen molar-refractivity contribution >= 4 is 27.9 Å². The zero-order chi connectivity index (χ0) is 11.5. The molecule has 5 nitrogen and oxygen atoms in total. The van der Waals surface area contributed by atoms with Crippen LogP contribution in [0.25, 0.3) is 0 Å². The predicted octanol–water partition coefficient (Wildman–Crippen LogP) is 1.13. The van der Waals surface area contributed by atoms with Gasteiger partial charge in [0.15, 0.2) is 10.9 Å². The van der Waals surface area contributed by atoms with Gasteiger partial charge in [-0.1, -0.05) is 0 Å². The van der Waals surface area contributed by atoms with E-state index in [-0.39, 0.29) is 12.2 Å². The van der Waals surface area contributed by atoms with Crippen molar-refractivity contribution in [3.63, 3.8) is 0 Å². The van der Waals surface area contributed by atoms with E-state index < -0.39 is 0 Å². The second-order valence-electron chi connectivity index (χ2n) is 3.24. The molecule has 2 rings (SSSR count). The van der Waals surface area contributed by atoms with Crippen molar-refractivity contribution in [1.82, 2.24) is 9.97 Å². The Morgan fingerprint density at radius 3 is 2.88 bits per heavy atom. The standard InChI is InChI=1S/C10H10N4OS/c11-8-1-2-13-4-7(8)9(15)3-6-5-16-10(12)14-6/h1-2,4-5H,3H2,(H2,11,13)(H2,12,14). The minimum atomic E-state index is -0.101. The number of aromatic nitrogens is 2. The lowest BCUT2D eigenvalue weighted by molar-refractivity contribution is 0.0992. The number of rotatable bonds is 3. The van der Waals surface area contributed by atoms with E-state index in [0.717, 1.165) is 0 Å². The third kappa shape index (κ3) is 2.17. The van der Waals surface area contributed by atoms with E-state index in [0.29, 0.717) is 22.1 Å². The minimum Gasteiger partial charge on any atom is -0.398 e. The van der Waals surface area contributed by atoms with Gasteiger partial charge in [0.2, 0.25) is 0 Å². The summed E-state index contributed by atoms with van der Waals surface area (Å²) in [5.74, 6) is -0.101. The maximum Gasteiger partial charge on any atom is 0.180 e. The van der Waals surface area contributed by atoms with Crippen molar-refractivity contribution in [2.45, 2.75) is 6.42 Å². The molecule has 0 amide bonds. The predicted molar refractivity (Wildman–Crippen MR) is 63.2 cm³/mol. The minimum absolute atomic E-state index is 0.101. The Labute approximate surface area is 96.1 Å². The topological polar surface area (TPSA) is 94.9 Å². The van der Waals surface area contributed by atoms with Gasteiger partial charge < -0.3 is 11.5 Å². The van der Waals surface area contributed by atoms with Crippen LogP contribution in [0.1, 0.15) is 16.1 Å². The summed E-state index contributed by atoms with van der Waals surface area (Å²) in [6.07, 6.45) is 3.21. The molecule has 0 bridgehead atoms. The number of carbonyl (C=O) groups excluding carboxylic acids is 1. The van der Waals surface area contributed by atoms with Gasteiger partial charge in [0.25, 0.3) is 0 Å². The first-order chi connectivity index (χ1) is 7.66. The SMILES string of the molecule is Nc1nc(CC(=O)c2cnccc2N)cs1. The first-order valence-corrected chi connectivity index (χ1v) is 5.47. The number of thiazole rings is 1. The molecular formula is C10H10N4OS. The van der Waals surface area contributed by atoms with Crippen LogP contribution in [0.4, 0.5) is 10.8 Å². The summed E-state index contributed by atoms with van der Waals surface area (Å²) in [5, 5.41) is 2.22. The molecule has 0 aromatic carbocycles. The van der Waals surface area contributed by atoms with Gasteiger partial charge in [-0.2, -0.15) is 0 Å². The van der Waals surface area contributed by atoms with Gasteiger partial charge in [0.1, 0.15) is 0 Å². The zero-order valence-electron chi connectivity index (χ0n) is 8.38. The van der Waals surface area contributed by atoms with Crippen molar-refractivity contribution in [3.8, 4) is 0 Å². The number of nitrogens with zero attached hydrogens (tertiary/aromatic N) is 2. The Balaban J connectivity index is 2.18. The van der Waals surface area contributed by atoms with E-state index in [1.54, 1.807) is 17.6 Å². The fourth-order valence-corrected chi connectivity index (χ4v) is 1.86. The molecule has 0 saturated heterocycles. The van der Waals surface area contributed by atoms with E-state index in [1.165, 1.54) is 17.5 Å². The Morgan fingerprint density at radius 1 is 1.44 bits per heavy atom. The van der Waals surface area contributed by atoms with E-state index in [1.807, 2.05) is 0 Å². The maximum absolute atomic E-state index is 11.8. The number of hydrogen-bond acceptors (Lipinski definition) is 6. The lowest BCUT2D eigenvalue weighted by Gasteiger charge is -2.01. The number of anilines is 2. The fourth-order valence-electron chi connectivity index (χ4n) is 1.30. The quantitative estimate of drug-likeness (QED) is 0.776. The summed E-state index contributed by atoms with van der Waals surface area (Å²) >= 11 is 1.31. The van der Waals surface area contributed by atoms with Crippen molar-refractivity contribution < 1.29 is 4.79 Å². The van der Waals surface area contributed by atoms with Crippen LogP contribution in [0.15, 0.2) is 23.8 Å². The lowest BCUT2D eigenvalue weighted by atomic mass is 10.1. The zero-order valence-corrected chi connectivity index (χ0v) is 9.20. The first kappa shape index (κ1) is 10.6. The first-order valence-electron chi connectivity index (χ1n) is 4.59. The lowest BCUT2D eigenvalue weighted by Crippen LogP contribution is -2.07. The van der Waals surface area contributed by atoms with Gasteiger partial charge in [0, 0.05) is 23.5 Å². The van der Waals surface area contributed by atoms with Crippen LogP contribution in [0, 0.1) is 0 Å². The Morgan fingerprint density at radius 2 is 2.25 bits per heavy atom. The van der Waals surface area contributed by atoms with Crippen molar-refractivity contribution in [3.05, 3.63) is 35.1 Å². The highest BCUT2D eigenvalue weighted by molar-refractivity contribution is 7.13. The molecule has 0 atom stereocenters. The van der Waals surface area contributed by atoms with Crippen LogP contribution >= 0.6 is 11.3 Å². The van der Waals surface area contributed by atoms with Crippen LogP contribution in [0.3, 0.4) is 0 Å². The monoisotopic (exact) mass is 234 g/mol. The highest BCUT2D eigenvalue weighted by Crippen LogP contribution is 2.15. The number of nitrogen functional groups attached to an aromatic ring is 2. The second-order valence-corrected chi connectivity index (χ2v) is 4.13. The average molecular weight is 234 g/mol. The molecule has 0 aliphatic heterocycles. The van der Waals surface area contributed by atoms with Gasteiger partial charge >= 0.3 is 0 Å². The van der Waals surface area contributed by atoms with Crippen LogP contribution in [0.2, 0.25) is 0 Å². The second kappa shape index (κ2) is 4.28. The molecule has 0 radical (unpaired) electrons. The molecular weight excluding hydrogens is 224 g/mol. The van der Waals surface area contributed by atoms with E-state index >= 15 is 0 Å². The number of ketones is 1. The summed E-state index contributed by atoms with van der Waals surface area (Å²) < 4.78 is 0. The fraction of sp³-hybridized carbons (Fsp3) is 0.100. The molecule has 0 aliphatic carbocycles. The number of Topliss-reactive ketones (excluding diaryl/α,β-unsaturated/α-hetero) is 1. The van der Waals surface area contributed by atoms with E-state index in [4.69, 9.17) is 11.5 Å². The molecule has 4 N–H and O–H groups in total. The third-order valence-corrected chi connectivity index (χ3v) is 2.79. The summed E-state index contributed by atoms with van der Waals surface area (Å²) in [6, 6.07) is 1.60. The Kier molecular flexibility index (Phi) is 2.82. The molecule has 2 aromatic heterocycles. The molecule has 0 unspecified atom stereocenters. The summed E-state index contributed by atoms with van der Waals surface area (Å²) in [6.45, 7) is 0. The van der Waals surface area contributed by atoms with E-state index in [2.05, 4.69) is 9.97 Å². The van der Waals surface area contributed by atoms with Gasteiger partial charge in [-0.15, -0.1) is 11.3 Å². The van der Waals surface area contributed by atoms with Gasteiger partial charge in [0.05, 0.1) is 17.7 Å². The maximum atomic E-state index is 11.8. The summed E-state index contributed by atoms with van der Waals surface area (Å²) in [5.41, 5.74) is 12.7. The normalized spacial score (nSPS) is 10.2. The summed E-state index contributed by atoms with van der Waals surface area (Å²) in [7, 11) is 0. The largest absolute Gasteiger partial charge is 0.398 e. The van der Waals surface area contributed by atoms with Crippen LogP contribution in [0.5, 0.6) is 0 Å². The van der Waals surface area contributed by atoms with Gasteiger partial charge in [-0.25, -0.2) is 4.98 Å². The third-order valence-electron chi connectivity index (χ3n) is 2.07. The van der Waals surface area contributed by atoms with Crippen LogP contribution < -0.4 is 11.5 Å². The number of carbonyl (C=O) groups is 1. The molecule has 0 fully saturated rings. The molecule has 0 saturated carbocycles. The Hall–Kier alpha value is -1.95. The number of nitrogens with two attached hydrogens (primary N) is 2. The summed E-state index contributed by atoms with van der Waals surface area (Å²) in [4.78, 5) is 19.7. The smallest absolute Gasteiger partial charge is 0.180 e. The van der Waals surface area contributed by atoms with E-state index in [9.17, 15) is 4.79 Å². The van der Waals surface area contributed by atoms with Crippen molar-refractivity contribution in [2.24, 2.45) is 0 Å². The van der Waals surface area contributed by atoms with Crippen molar-refractivity contribution in [1.29, 1.82) is 0 Å². The van der Waals surface area contributed by atoms with Crippen LogP contribution in [-0.4, -0.2) is 15.8 Å². The molecule has 0 spiro atoms. The number of hydrogen-bond donors (Lipinski definition) is 2. The molecule has 0 aliphatic rings. The molecule has 82 valence electrons.